The van der Waals surface area contributed by atoms with Gasteiger partial charge in [0.25, 0.3) is 0 Å². The lowest BCUT2D eigenvalue weighted by Gasteiger charge is -1.96. The first-order valence-corrected chi connectivity index (χ1v) is 3.25. The summed E-state index contributed by atoms with van der Waals surface area (Å²) in [5.41, 5.74) is 0. The first-order chi connectivity index (χ1) is 4.63. The van der Waals surface area contributed by atoms with Gasteiger partial charge in [-0.3, -0.25) is 0 Å². The zero-order chi connectivity index (χ0) is 8.20. The highest BCUT2D eigenvalue weighted by Gasteiger charge is 2.42. The molecule has 1 atom stereocenters. The predicted octanol–water partition coefficient (Wildman–Crippen LogP) is -0.492. The second-order valence-electron chi connectivity index (χ2n) is 1.34. The van der Waals surface area contributed by atoms with Crippen molar-refractivity contribution in [3.8, 4) is 24.5 Å². The van der Waals surface area contributed by atoms with Crippen molar-refractivity contribution in [2.24, 2.45) is 0 Å². The lowest BCUT2D eigenvalue weighted by molar-refractivity contribution is -0.166. The zero-order valence-corrected chi connectivity index (χ0v) is 5.63. The Balaban J connectivity index is 5.00. The summed E-state index contributed by atoms with van der Waals surface area (Å²) in [5, 5.41) is 14.0. The van der Waals surface area contributed by atoms with Gasteiger partial charge in [0, 0.05) is 0 Å². The third-order valence-electron chi connectivity index (χ3n) is 0.806. The Hall–Kier alpha value is -1.40. The van der Waals surface area contributed by atoms with Gasteiger partial charge in [-0.1, -0.05) is 4.57 Å². The maximum absolute atomic E-state index is 10.2. The van der Waals surface area contributed by atoms with Gasteiger partial charge in [0.05, 0.1) is 0 Å². The molecular weight excluding hydrogens is 151 g/mol. The first kappa shape index (κ1) is 8.60. The van der Waals surface area contributed by atoms with Crippen LogP contribution in [0, 0.1) is 35.0 Å². The molecule has 0 radical (unpaired) electrons. The van der Waals surface area contributed by atoms with E-state index in [0.717, 1.165) is 0 Å². The molecule has 1 unspecified atom stereocenters. The fraction of sp³-hybridized carbons (Fsp3) is 0.200. The highest BCUT2D eigenvalue weighted by molar-refractivity contribution is 7.39. The molecule has 0 heterocycles. The molecular formula is C5HN2O2P. The molecule has 0 saturated heterocycles. The van der Waals surface area contributed by atoms with Crippen LogP contribution < -0.4 is 4.89 Å². The Morgan fingerprint density at radius 3 is 1.90 bits per heavy atom. The maximum atomic E-state index is 10.2. The molecule has 5 heteroatoms. The maximum Gasteiger partial charge on any atom is 0.389 e. The van der Waals surface area contributed by atoms with Gasteiger partial charge in [0.2, 0.25) is 0 Å². The molecule has 0 aliphatic carbocycles. The molecule has 0 amide bonds. The standard InChI is InChI=1S/C5HN2O2P/c1-2-5(3-6,4-7)10(8)9/h1H. The molecule has 0 fully saturated rings. The van der Waals surface area contributed by atoms with E-state index in [1.54, 1.807) is 5.92 Å². The molecule has 0 spiro atoms. The first-order valence-electron chi connectivity index (χ1n) is 2.07. The minimum Gasteiger partial charge on any atom is -0.593 e. The van der Waals surface area contributed by atoms with Crippen molar-refractivity contribution < 1.29 is 9.46 Å². The van der Waals surface area contributed by atoms with Gasteiger partial charge < -0.3 is 4.89 Å². The van der Waals surface area contributed by atoms with Gasteiger partial charge >= 0.3 is 13.2 Å². The molecule has 0 aromatic rings. The van der Waals surface area contributed by atoms with Crippen LogP contribution in [-0.4, -0.2) is 5.16 Å². The van der Waals surface area contributed by atoms with E-state index in [1.165, 1.54) is 12.1 Å². The summed E-state index contributed by atoms with van der Waals surface area (Å²) in [6.07, 6.45) is 4.65. The molecule has 0 saturated carbocycles. The minimum atomic E-state index is -3.21. The van der Waals surface area contributed by atoms with Crippen molar-refractivity contribution in [1.82, 2.24) is 0 Å². The van der Waals surface area contributed by atoms with Gasteiger partial charge in [-0.2, -0.15) is 10.5 Å². The summed E-state index contributed by atoms with van der Waals surface area (Å²) >= 11 is 0. The van der Waals surface area contributed by atoms with E-state index in [9.17, 15) is 9.46 Å². The van der Waals surface area contributed by atoms with Crippen molar-refractivity contribution in [2.45, 2.75) is 5.16 Å². The molecule has 4 nitrogen and oxygen atoms in total. The predicted molar refractivity (Wildman–Crippen MR) is 30.4 cm³/mol. The number of terminal acetylenes is 1. The van der Waals surface area contributed by atoms with E-state index in [-0.39, 0.29) is 0 Å². The summed E-state index contributed by atoms with van der Waals surface area (Å²) in [6, 6.07) is 2.44. The number of hydrogen-bond donors (Lipinski definition) is 0. The Morgan fingerprint density at radius 1 is 1.50 bits per heavy atom. The summed E-state index contributed by atoms with van der Waals surface area (Å²) < 4.78 is 10.2. The lowest BCUT2D eigenvalue weighted by Crippen LogP contribution is -2.20. The molecule has 0 aromatic carbocycles. The molecule has 0 aromatic heterocycles. The van der Waals surface area contributed by atoms with E-state index in [1.807, 2.05) is 0 Å². The van der Waals surface area contributed by atoms with Crippen LogP contribution in [0.3, 0.4) is 0 Å². The topological polar surface area (TPSA) is 87.7 Å². The highest BCUT2D eigenvalue weighted by atomic mass is 31.1. The van der Waals surface area contributed by atoms with Crippen LogP contribution in [-0.2, 0) is 4.57 Å². The van der Waals surface area contributed by atoms with Crippen molar-refractivity contribution in [3.05, 3.63) is 0 Å². The fourth-order valence-corrected chi connectivity index (χ4v) is 0.493. The van der Waals surface area contributed by atoms with E-state index in [2.05, 4.69) is 6.42 Å². The lowest BCUT2D eigenvalue weighted by atomic mass is 10.2. The van der Waals surface area contributed by atoms with Crippen LogP contribution in [0.1, 0.15) is 0 Å². The number of nitrogens with zero attached hydrogens (tertiary/aromatic N) is 2. The average Bonchev–Trinajstić information content (AvgIpc) is 1.92. The van der Waals surface area contributed by atoms with Crippen molar-refractivity contribution >= 4 is 8.03 Å². The van der Waals surface area contributed by atoms with Crippen LogP contribution >= 0.6 is 8.03 Å². The van der Waals surface area contributed by atoms with Crippen molar-refractivity contribution in [2.75, 3.05) is 0 Å². The average molecular weight is 152 g/mol. The van der Waals surface area contributed by atoms with Crippen LogP contribution in [0.25, 0.3) is 0 Å². The number of hydrogen-bond acceptors (Lipinski definition) is 4. The Labute approximate surface area is 58.6 Å². The van der Waals surface area contributed by atoms with E-state index in [4.69, 9.17) is 10.5 Å². The van der Waals surface area contributed by atoms with Gasteiger partial charge in [0.1, 0.15) is 0 Å². The normalized spacial score (nSPS) is 10.4. The van der Waals surface area contributed by atoms with Gasteiger partial charge in [-0.15, -0.1) is 6.42 Å². The van der Waals surface area contributed by atoms with Crippen LogP contribution in [0.5, 0.6) is 0 Å². The molecule has 10 heavy (non-hydrogen) atoms. The molecule has 0 N–H and O–H groups in total. The number of nitriles is 2. The van der Waals surface area contributed by atoms with E-state index in [0.29, 0.717) is 0 Å². The molecule has 0 bridgehead atoms. The molecule has 0 aliphatic rings. The van der Waals surface area contributed by atoms with Crippen molar-refractivity contribution in [3.63, 3.8) is 0 Å². The minimum absolute atomic E-state index is 1.22. The van der Waals surface area contributed by atoms with Gasteiger partial charge in [0.15, 0.2) is 12.1 Å². The second-order valence-corrected chi connectivity index (χ2v) is 2.52. The fourth-order valence-electron chi connectivity index (χ4n) is 0.224. The number of rotatable bonds is 1. The quantitative estimate of drug-likeness (QED) is 0.374. The highest BCUT2D eigenvalue weighted by Crippen LogP contribution is 2.29. The monoisotopic (exact) mass is 152 g/mol. The summed E-state index contributed by atoms with van der Waals surface area (Å²) in [5.74, 6) is 1.60. The van der Waals surface area contributed by atoms with Crippen molar-refractivity contribution in [1.29, 1.82) is 10.5 Å². The van der Waals surface area contributed by atoms with E-state index >= 15 is 0 Å². The SMILES string of the molecule is C#CC(C#N)(C#N)[P+](=O)[O-]. The third kappa shape index (κ3) is 1.12. The smallest absolute Gasteiger partial charge is 0.389 e. The molecule has 0 rings (SSSR count). The summed E-state index contributed by atoms with van der Waals surface area (Å²) in [6.45, 7) is 0. The summed E-state index contributed by atoms with van der Waals surface area (Å²) in [4.78, 5) is 10.2. The van der Waals surface area contributed by atoms with Gasteiger partial charge in [-0.05, 0) is 5.92 Å². The van der Waals surface area contributed by atoms with Crippen LogP contribution in [0.15, 0.2) is 0 Å². The second kappa shape index (κ2) is 2.95. The van der Waals surface area contributed by atoms with E-state index < -0.39 is 13.2 Å². The third-order valence-corrected chi connectivity index (χ3v) is 1.68. The largest absolute Gasteiger partial charge is 0.593 e. The Kier molecular flexibility index (Phi) is 2.53. The van der Waals surface area contributed by atoms with Crippen LogP contribution in [0.2, 0.25) is 0 Å². The summed E-state index contributed by atoms with van der Waals surface area (Å²) in [7, 11) is -3.21. The Morgan fingerprint density at radius 2 is 1.90 bits per heavy atom. The van der Waals surface area contributed by atoms with Gasteiger partial charge in [-0.25, -0.2) is 0 Å². The Bertz CT molecular complexity index is 241. The zero-order valence-electron chi connectivity index (χ0n) is 4.74. The molecule has 0 aliphatic heterocycles. The molecule has 48 valence electrons. The van der Waals surface area contributed by atoms with Crippen LogP contribution in [0.4, 0.5) is 0 Å².